The first-order chi connectivity index (χ1) is 13.2. The third kappa shape index (κ3) is 3.98. The van der Waals surface area contributed by atoms with Gasteiger partial charge in [0.25, 0.3) is 0 Å². The molecule has 1 atom stereocenters. The van der Waals surface area contributed by atoms with Crippen LogP contribution >= 0.6 is 0 Å². The molecule has 0 aliphatic carbocycles. The second-order valence-electron chi connectivity index (χ2n) is 7.15. The molecule has 3 aromatic rings. The first kappa shape index (κ1) is 17.6. The van der Waals surface area contributed by atoms with Gasteiger partial charge in [-0.05, 0) is 37.3 Å². The van der Waals surface area contributed by atoms with Gasteiger partial charge in [-0.2, -0.15) is 0 Å². The lowest BCUT2D eigenvalue weighted by Crippen LogP contribution is -2.51. The van der Waals surface area contributed by atoms with Crippen LogP contribution in [0.5, 0.6) is 5.75 Å². The van der Waals surface area contributed by atoms with E-state index < -0.39 is 0 Å². The fraction of sp³-hybridized carbons (Fsp3) is 0.318. The van der Waals surface area contributed by atoms with Gasteiger partial charge in [0.2, 0.25) is 0 Å². The number of phenols is 1. The Morgan fingerprint density at radius 1 is 1.04 bits per heavy atom. The molecule has 2 heterocycles. The zero-order valence-electron chi connectivity index (χ0n) is 15.7. The van der Waals surface area contributed by atoms with E-state index in [1.54, 1.807) is 18.3 Å². The minimum Gasteiger partial charge on any atom is -0.508 e. The molecular weight excluding hydrogens is 336 g/mol. The first-order valence-electron chi connectivity index (χ1n) is 9.56. The van der Waals surface area contributed by atoms with E-state index in [-0.39, 0.29) is 5.75 Å². The molecule has 5 nitrogen and oxygen atoms in total. The SMILES string of the molecule is CC(CNc1ccnc2cc(O)ccc12)N1CCN(c2ccccc2)CC1. The predicted molar refractivity (Wildman–Crippen MR) is 112 cm³/mol. The van der Waals surface area contributed by atoms with E-state index in [0.29, 0.717) is 6.04 Å². The maximum absolute atomic E-state index is 9.64. The van der Waals surface area contributed by atoms with Crippen molar-refractivity contribution in [3.05, 3.63) is 60.8 Å². The van der Waals surface area contributed by atoms with Gasteiger partial charge in [-0.3, -0.25) is 9.88 Å². The quantitative estimate of drug-likeness (QED) is 0.727. The smallest absolute Gasteiger partial charge is 0.117 e. The minimum atomic E-state index is 0.247. The number of aromatic nitrogens is 1. The van der Waals surface area contributed by atoms with Crippen molar-refractivity contribution >= 4 is 22.3 Å². The molecule has 1 unspecified atom stereocenters. The summed E-state index contributed by atoms with van der Waals surface area (Å²) in [6.45, 7) is 7.43. The Hall–Kier alpha value is -2.79. The van der Waals surface area contributed by atoms with Crippen LogP contribution in [0.15, 0.2) is 60.8 Å². The van der Waals surface area contributed by atoms with Crippen LogP contribution in [-0.2, 0) is 0 Å². The molecule has 2 aromatic carbocycles. The number of aromatic hydroxyl groups is 1. The van der Waals surface area contributed by atoms with Crippen LogP contribution in [0.1, 0.15) is 6.92 Å². The van der Waals surface area contributed by atoms with Crippen LogP contribution in [0.4, 0.5) is 11.4 Å². The number of pyridine rings is 1. The minimum absolute atomic E-state index is 0.247. The highest BCUT2D eigenvalue weighted by Crippen LogP contribution is 2.25. The molecule has 4 rings (SSSR count). The summed E-state index contributed by atoms with van der Waals surface area (Å²) >= 11 is 0. The number of para-hydroxylation sites is 1. The van der Waals surface area contributed by atoms with Crippen LogP contribution < -0.4 is 10.2 Å². The summed E-state index contributed by atoms with van der Waals surface area (Å²) in [6, 6.07) is 18.4. The average Bonchev–Trinajstić information content (AvgIpc) is 2.72. The number of nitrogens with zero attached hydrogens (tertiary/aromatic N) is 3. The molecule has 1 aliphatic heterocycles. The lowest BCUT2D eigenvalue weighted by molar-refractivity contribution is 0.204. The molecule has 0 amide bonds. The third-order valence-corrected chi connectivity index (χ3v) is 5.37. The van der Waals surface area contributed by atoms with Gasteiger partial charge in [0.1, 0.15) is 5.75 Å². The van der Waals surface area contributed by atoms with Crippen LogP contribution in [-0.4, -0.2) is 53.8 Å². The zero-order chi connectivity index (χ0) is 18.6. The summed E-state index contributed by atoms with van der Waals surface area (Å²) in [4.78, 5) is 9.34. The molecule has 1 fully saturated rings. The van der Waals surface area contributed by atoms with Gasteiger partial charge in [-0.1, -0.05) is 18.2 Å². The summed E-state index contributed by atoms with van der Waals surface area (Å²) in [5.41, 5.74) is 3.19. The van der Waals surface area contributed by atoms with E-state index in [2.05, 4.69) is 57.4 Å². The van der Waals surface area contributed by atoms with E-state index in [1.165, 1.54) is 5.69 Å². The van der Waals surface area contributed by atoms with Gasteiger partial charge in [0, 0.05) is 67.8 Å². The van der Waals surface area contributed by atoms with Gasteiger partial charge < -0.3 is 15.3 Å². The number of phenolic OH excluding ortho intramolecular Hbond substituents is 1. The topological polar surface area (TPSA) is 51.6 Å². The summed E-state index contributed by atoms with van der Waals surface area (Å²) in [5, 5.41) is 14.3. The largest absolute Gasteiger partial charge is 0.508 e. The van der Waals surface area contributed by atoms with Gasteiger partial charge in [0.05, 0.1) is 5.52 Å². The van der Waals surface area contributed by atoms with Crippen molar-refractivity contribution in [1.29, 1.82) is 0 Å². The van der Waals surface area contributed by atoms with Crippen LogP contribution in [0.3, 0.4) is 0 Å². The number of nitrogens with one attached hydrogen (secondary N) is 1. The fourth-order valence-corrected chi connectivity index (χ4v) is 3.74. The predicted octanol–water partition coefficient (Wildman–Crippen LogP) is 3.56. The van der Waals surface area contributed by atoms with Crippen molar-refractivity contribution in [2.75, 3.05) is 42.9 Å². The van der Waals surface area contributed by atoms with Crippen LogP contribution in [0, 0.1) is 0 Å². The van der Waals surface area contributed by atoms with Crippen molar-refractivity contribution < 1.29 is 5.11 Å². The molecule has 140 valence electrons. The maximum Gasteiger partial charge on any atom is 0.117 e. The molecular formula is C22H26N4O. The van der Waals surface area contributed by atoms with Crippen molar-refractivity contribution in [2.24, 2.45) is 0 Å². The summed E-state index contributed by atoms with van der Waals surface area (Å²) in [6.07, 6.45) is 1.79. The number of fused-ring (bicyclic) bond motifs is 1. The van der Waals surface area contributed by atoms with Crippen molar-refractivity contribution in [1.82, 2.24) is 9.88 Å². The Morgan fingerprint density at radius 3 is 2.59 bits per heavy atom. The Kier molecular flexibility index (Phi) is 5.12. The highest BCUT2D eigenvalue weighted by atomic mass is 16.3. The van der Waals surface area contributed by atoms with Crippen molar-refractivity contribution in [3.8, 4) is 5.75 Å². The second-order valence-corrected chi connectivity index (χ2v) is 7.15. The highest BCUT2D eigenvalue weighted by molar-refractivity contribution is 5.91. The first-order valence-corrected chi connectivity index (χ1v) is 9.56. The normalized spacial score (nSPS) is 16.4. The monoisotopic (exact) mass is 362 g/mol. The fourth-order valence-electron chi connectivity index (χ4n) is 3.74. The van der Waals surface area contributed by atoms with E-state index in [4.69, 9.17) is 0 Å². The van der Waals surface area contributed by atoms with Crippen LogP contribution in [0.2, 0.25) is 0 Å². The summed E-state index contributed by atoms with van der Waals surface area (Å²) in [5.74, 6) is 0.247. The van der Waals surface area contributed by atoms with Gasteiger partial charge >= 0.3 is 0 Å². The molecule has 1 aromatic heterocycles. The molecule has 1 aliphatic rings. The number of anilines is 2. The van der Waals surface area contributed by atoms with Gasteiger partial charge in [-0.25, -0.2) is 0 Å². The number of hydrogen-bond acceptors (Lipinski definition) is 5. The maximum atomic E-state index is 9.64. The Balaban J connectivity index is 1.35. The molecule has 0 saturated carbocycles. The molecule has 1 saturated heterocycles. The Morgan fingerprint density at radius 2 is 1.81 bits per heavy atom. The lowest BCUT2D eigenvalue weighted by atomic mass is 10.1. The highest BCUT2D eigenvalue weighted by Gasteiger charge is 2.21. The van der Waals surface area contributed by atoms with Crippen LogP contribution in [0.25, 0.3) is 10.9 Å². The van der Waals surface area contributed by atoms with E-state index >= 15 is 0 Å². The molecule has 0 bridgehead atoms. The zero-order valence-corrected chi connectivity index (χ0v) is 15.7. The molecule has 0 radical (unpaired) electrons. The van der Waals surface area contributed by atoms with Crippen molar-refractivity contribution in [2.45, 2.75) is 13.0 Å². The van der Waals surface area contributed by atoms with Gasteiger partial charge in [0.15, 0.2) is 0 Å². The number of rotatable bonds is 5. The standard InChI is InChI=1S/C22H26N4O/c1-17(25-11-13-26(14-12-25)18-5-3-2-4-6-18)16-24-21-9-10-23-22-15-19(27)7-8-20(21)22/h2-10,15,17,27H,11-14,16H2,1H3,(H,23,24). The van der Waals surface area contributed by atoms with Gasteiger partial charge in [-0.15, -0.1) is 0 Å². The molecule has 0 spiro atoms. The summed E-state index contributed by atoms with van der Waals surface area (Å²) in [7, 11) is 0. The van der Waals surface area contributed by atoms with E-state index in [1.807, 2.05) is 12.1 Å². The molecule has 2 N–H and O–H groups in total. The number of piperazine rings is 1. The van der Waals surface area contributed by atoms with Crippen molar-refractivity contribution in [3.63, 3.8) is 0 Å². The summed E-state index contributed by atoms with van der Waals surface area (Å²) < 4.78 is 0. The third-order valence-electron chi connectivity index (χ3n) is 5.37. The number of benzene rings is 2. The van der Waals surface area contributed by atoms with E-state index in [0.717, 1.165) is 49.3 Å². The van der Waals surface area contributed by atoms with E-state index in [9.17, 15) is 5.11 Å². The molecule has 5 heteroatoms. The lowest BCUT2D eigenvalue weighted by Gasteiger charge is -2.39. The number of hydrogen-bond donors (Lipinski definition) is 2. The molecule has 27 heavy (non-hydrogen) atoms. The average molecular weight is 362 g/mol. The Labute approximate surface area is 160 Å². The Bertz CT molecular complexity index is 891. The second kappa shape index (κ2) is 7.84.